The number of amides is 1. The monoisotopic (exact) mass is 365 g/mol. The second-order valence-corrected chi connectivity index (χ2v) is 5.53. The molecular weight excluding hydrogens is 349 g/mol. The lowest BCUT2D eigenvalue weighted by molar-refractivity contribution is 0.0987. The lowest BCUT2D eigenvalue weighted by Gasteiger charge is -2.22. The van der Waals surface area contributed by atoms with E-state index in [0.717, 1.165) is 20.4 Å². The van der Waals surface area contributed by atoms with Crippen LogP contribution in [0.25, 0.3) is 0 Å². The molecule has 0 radical (unpaired) electrons. The van der Waals surface area contributed by atoms with Crippen LogP contribution in [-0.2, 0) is 0 Å². The molecule has 0 N–H and O–H groups in total. The molecule has 0 saturated carbocycles. The maximum atomic E-state index is 12.6. The zero-order chi connectivity index (χ0) is 13.8. The van der Waals surface area contributed by atoms with E-state index in [-0.39, 0.29) is 5.91 Å². The highest BCUT2D eigenvalue weighted by molar-refractivity contribution is 14.1. The van der Waals surface area contributed by atoms with Crippen molar-refractivity contribution in [3.05, 3.63) is 63.2 Å². The van der Waals surface area contributed by atoms with E-state index in [4.69, 9.17) is 0 Å². The van der Waals surface area contributed by atoms with Gasteiger partial charge < -0.3 is 4.90 Å². The first-order valence-corrected chi connectivity index (χ1v) is 7.34. The van der Waals surface area contributed by atoms with Gasteiger partial charge in [-0.05, 0) is 66.3 Å². The third-order valence-corrected chi connectivity index (χ3v) is 3.92. The fraction of sp³-hybridized carbons (Fsp3) is 0.188. The number of rotatable bonds is 3. The van der Waals surface area contributed by atoms with E-state index in [1.54, 1.807) is 0 Å². The second-order valence-electron chi connectivity index (χ2n) is 4.37. The third-order valence-electron chi connectivity index (χ3n) is 2.98. The molecule has 0 atom stereocenters. The average molecular weight is 365 g/mol. The van der Waals surface area contributed by atoms with Crippen LogP contribution in [0.1, 0.15) is 22.8 Å². The minimum absolute atomic E-state index is 0.0538. The first-order valence-electron chi connectivity index (χ1n) is 6.26. The summed E-state index contributed by atoms with van der Waals surface area (Å²) in [6, 6.07) is 15.7. The highest BCUT2D eigenvalue weighted by Crippen LogP contribution is 2.20. The number of aryl methyl sites for hydroxylation is 1. The molecule has 0 unspecified atom stereocenters. The van der Waals surface area contributed by atoms with Crippen molar-refractivity contribution in [3.63, 3.8) is 0 Å². The molecule has 2 nitrogen and oxygen atoms in total. The molecule has 0 aliphatic carbocycles. The number of hydrogen-bond acceptors (Lipinski definition) is 1. The van der Waals surface area contributed by atoms with E-state index in [0.29, 0.717) is 6.54 Å². The lowest BCUT2D eigenvalue weighted by atomic mass is 10.1. The Bertz CT molecular complexity index is 595. The van der Waals surface area contributed by atoms with Crippen LogP contribution in [0.2, 0.25) is 0 Å². The van der Waals surface area contributed by atoms with E-state index in [1.807, 2.05) is 67.3 Å². The molecule has 0 aliphatic heterocycles. The van der Waals surface area contributed by atoms with Crippen molar-refractivity contribution < 1.29 is 4.79 Å². The molecule has 1 amide bonds. The molecule has 0 bridgehead atoms. The first-order chi connectivity index (χ1) is 9.13. The van der Waals surface area contributed by atoms with Crippen LogP contribution in [0.4, 0.5) is 5.69 Å². The lowest BCUT2D eigenvalue weighted by Crippen LogP contribution is -2.31. The quantitative estimate of drug-likeness (QED) is 0.744. The van der Waals surface area contributed by atoms with Crippen LogP contribution in [0.5, 0.6) is 0 Å². The fourth-order valence-electron chi connectivity index (χ4n) is 2.02. The molecule has 0 aliphatic rings. The molecule has 19 heavy (non-hydrogen) atoms. The Labute approximate surface area is 127 Å². The van der Waals surface area contributed by atoms with Crippen LogP contribution in [0.15, 0.2) is 48.5 Å². The number of hydrogen-bond donors (Lipinski definition) is 0. The van der Waals surface area contributed by atoms with Gasteiger partial charge >= 0.3 is 0 Å². The van der Waals surface area contributed by atoms with Gasteiger partial charge in [-0.1, -0.05) is 24.3 Å². The van der Waals surface area contributed by atoms with Crippen LogP contribution in [-0.4, -0.2) is 12.5 Å². The summed E-state index contributed by atoms with van der Waals surface area (Å²) in [6.45, 7) is 4.69. The zero-order valence-corrected chi connectivity index (χ0v) is 13.2. The SMILES string of the molecule is CCN(C(=O)c1ccccc1I)c1cccc(C)c1. The summed E-state index contributed by atoms with van der Waals surface area (Å²) < 4.78 is 0.983. The van der Waals surface area contributed by atoms with Crippen molar-refractivity contribution in [2.45, 2.75) is 13.8 Å². The van der Waals surface area contributed by atoms with Gasteiger partial charge in [0.25, 0.3) is 5.91 Å². The smallest absolute Gasteiger partial charge is 0.259 e. The van der Waals surface area contributed by atoms with E-state index in [2.05, 4.69) is 22.6 Å². The largest absolute Gasteiger partial charge is 0.309 e. The number of carbonyl (C=O) groups is 1. The van der Waals surface area contributed by atoms with Crippen molar-refractivity contribution >= 4 is 34.2 Å². The molecule has 3 heteroatoms. The summed E-state index contributed by atoms with van der Waals surface area (Å²) in [5.41, 5.74) is 2.87. The Morgan fingerprint density at radius 2 is 1.89 bits per heavy atom. The molecule has 0 aromatic heterocycles. The number of nitrogens with zero attached hydrogens (tertiary/aromatic N) is 1. The Morgan fingerprint density at radius 1 is 1.16 bits per heavy atom. The molecular formula is C16H16INO. The van der Waals surface area contributed by atoms with Gasteiger partial charge in [0.1, 0.15) is 0 Å². The van der Waals surface area contributed by atoms with E-state index >= 15 is 0 Å². The number of benzene rings is 2. The summed E-state index contributed by atoms with van der Waals surface area (Å²) in [4.78, 5) is 14.4. The van der Waals surface area contributed by atoms with Gasteiger partial charge in [0.15, 0.2) is 0 Å². The van der Waals surface area contributed by atoms with Gasteiger partial charge in [-0.2, -0.15) is 0 Å². The second kappa shape index (κ2) is 6.19. The first kappa shape index (κ1) is 14.1. The Kier molecular flexibility index (Phi) is 4.58. The molecule has 0 fully saturated rings. The maximum Gasteiger partial charge on any atom is 0.259 e. The summed E-state index contributed by atoms with van der Waals surface area (Å²) >= 11 is 2.20. The van der Waals surface area contributed by atoms with Crippen LogP contribution in [0, 0.1) is 10.5 Å². The normalized spacial score (nSPS) is 10.3. The highest BCUT2D eigenvalue weighted by atomic mass is 127. The van der Waals surface area contributed by atoms with Crippen LogP contribution in [0.3, 0.4) is 0 Å². The standard InChI is InChI=1S/C16H16INO/c1-3-18(13-8-6-7-12(2)11-13)16(19)14-9-4-5-10-15(14)17/h4-11H,3H2,1-2H3. The molecule has 0 heterocycles. The van der Waals surface area contributed by atoms with Crippen molar-refractivity contribution in [2.75, 3.05) is 11.4 Å². The van der Waals surface area contributed by atoms with Gasteiger partial charge in [0, 0.05) is 15.8 Å². The van der Waals surface area contributed by atoms with Crippen molar-refractivity contribution in [2.24, 2.45) is 0 Å². The van der Waals surface area contributed by atoms with Crippen molar-refractivity contribution in [3.8, 4) is 0 Å². The minimum Gasteiger partial charge on any atom is -0.309 e. The predicted octanol–water partition coefficient (Wildman–Crippen LogP) is 4.27. The summed E-state index contributed by atoms with van der Waals surface area (Å²) in [5, 5.41) is 0. The summed E-state index contributed by atoms with van der Waals surface area (Å²) in [6.07, 6.45) is 0. The van der Waals surface area contributed by atoms with Crippen molar-refractivity contribution in [1.29, 1.82) is 0 Å². The van der Waals surface area contributed by atoms with Gasteiger partial charge in [-0.15, -0.1) is 0 Å². The third kappa shape index (κ3) is 3.15. The van der Waals surface area contributed by atoms with Gasteiger partial charge in [-0.3, -0.25) is 4.79 Å². The molecule has 2 rings (SSSR count). The molecule has 0 saturated heterocycles. The highest BCUT2D eigenvalue weighted by Gasteiger charge is 2.17. The van der Waals surface area contributed by atoms with E-state index in [9.17, 15) is 4.79 Å². The molecule has 2 aromatic rings. The van der Waals surface area contributed by atoms with E-state index in [1.165, 1.54) is 0 Å². The maximum absolute atomic E-state index is 12.6. The van der Waals surface area contributed by atoms with E-state index < -0.39 is 0 Å². The average Bonchev–Trinajstić information content (AvgIpc) is 2.40. The van der Waals surface area contributed by atoms with Gasteiger partial charge in [0.2, 0.25) is 0 Å². The summed E-state index contributed by atoms with van der Waals surface area (Å²) in [7, 11) is 0. The Balaban J connectivity index is 2.38. The number of carbonyl (C=O) groups excluding carboxylic acids is 1. The topological polar surface area (TPSA) is 20.3 Å². The molecule has 98 valence electrons. The molecule has 2 aromatic carbocycles. The minimum atomic E-state index is 0.0538. The Hall–Kier alpha value is -1.36. The summed E-state index contributed by atoms with van der Waals surface area (Å²) in [5.74, 6) is 0.0538. The number of anilines is 1. The molecule has 0 spiro atoms. The fourth-order valence-corrected chi connectivity index (χ4v) is 2.64. The van der Waals surface area contributed by atoms with Gasteiger partial charge in [0.05, 0.1) is 5.56 Å². The van der Waals surface area contributed by atoms with Crippen LogP contribution >= 0.6 is 22.6 Å². The van der Waals surface area contributed by atoms with Gasteiger partial charge in [-0.25, -0.2) is 0 Å². The predicted molar refractivity (Wildman–Crippen MR) is 87.7 cm³/mol. The Morgan fingerprint density at radius 3 is 2.53 bits per heavy atom. The number of halogens is 1. The van der Waals surface area contributed by atoms with Crippen molar-refractivity contribution in [1.82, 2.24) is 0 Å². The zero-order valence-electron chi connectivity index (χ0n) is 11.1. The van der Waals surface area contributed by atoms with Crippen LogP contribution < -0.4 is 4.90 Å².